The largest absolute Gasteiger partial charge is 0.0725 e. The minimum Gasteiger partial charge on any atom is -0.0725 e. The van der Waals surface area contributed by atoms with Gasteiger partial charge in [0.15, 0.2) is 0 Å². The first kappa shape index (κ1) is 10.6. The maximum atomic E-state index is 2.35. The van der Waals surface area contributed by atoms with E-state index in [1.807, 2.05) is 0 Å². The second kappa shape index (κ2) is 3.32. The van der Waals surface area contributed by atoms with Crippen molar-refractivity contribution in [3.63, 3.8) is 0 Å². The second-order valence-corrected chi connectivity index (χ2v) is 5.44. The van der Waals surface area contributed by atoms with E-state index in [0.717, 1.165) is 5.92 Å². The first-order chi connectivity index (χ1) is 5.82. The highest BCUT2D eigenvalue weighted by molar-refractivity contribution is 5.35. The van der Waals surface area contributed by atoms with Crippen molar-refractivity contribution in [3.05, 3.63) is 22.8 Å². The molecule has 0 saturated carbocycles. The van der Waals surface area contributed by atoms with Crippen molar-refractivity contribution in [3.8, 4) is 0 Å². The highest BCUT2D eigenvalue weighted by Crippen LogP contribution is 2.40. The summed E-state index contributed by atoms with van der Waals surface area (Å²) in [4.78, 5) is 0. The van der Waals surface area contributed by atoms with Gasteiger partial charge >= 0.3 is 0 Å². The average Bonchev–Trinajstić information content (AvgIpc) is 1.78. The molecule has 0 fully saturated rings. The molecule has 1 atom stereocenters. The molecule has 0 saturated heterocycles. The van der Waals surface area contributed by atoms with Crippen LogP contribution in [0.15, 0.2) is 22.8 Å². The van der Waals surface area contributed by atoms with Crippen LogP contribution >= 0.6 is 0 Å². The van der Waals surface area contributed by atoms with Crippen LogP contribution in [-0.2, 0) is 0 Å². The zero-order chi connectivity index (χ0) is 10.2. The van der Waals surface area contributed by atoms with Crippen molar-refractivity contribution in [2.75, 3.05) is 0 Å². The Hall–Kier alpha value is -0.520. The van der Waals surface area contributed by atoms with Gasteiger partial charge in [-0.05, 0) is 31.6 Å². The number of hydrogen-bond donors (Lipinski definition) is 0. The Morgan fingerprint density at radius 1 is 1.23 bits per heavy atom. The summed E-state index contributed by atoms with van der Waals surface area (Å²) in [5.74, 6) is 0.727. The van der Waals surface area contributed by atoms with E-state index in [1.165, 1.54) is 17.6 Å². The van der Waals surface area contributed by atoms with E-state index in [9.17, 15) is 0 Å². The second-order valence-electron chi connectivity index (χ2n) is 5.44. The Morgan fingerprint density at radius 2 is 1.77 bits per heavy atom. The third-order valence-electron chi connectivity index (χ3n) is 2.82. The SMILES string of the molecule is CC1=CC(C)=C(C(C)(C)C)C(C)C1. The van der Waals surface area contributed by atoms with Crippen molar-refractivity contribution in [1.82, 2.24) is 0 Å². The van der Waals surface area contributed by atoms with E-state index in [2.05, 4.69) is 47.6 Å². The summed E-state index contributed by atoms with van der Waals surface area (Å²) in [6.07, 6.45) is 3.59. The average molecular weight is 178 g/mol. The molecule has 13 heavy (non-hydrogen) atoms. The molecule has 0 aromatic carbocycles. The van der Waals surface area contributed by atoms with E-state index in [-0.39, 0.29) is 0 Å². The van der Waals surface area contributed by atoms with Gasteiger partial charge in [0, 0.05) is 0 Å². The highest BCUT2D eigenvalue weighted by atomic mass is 14.3. The van der Waals surface area contributed by atoms with Crippen LogP contribution in [0.4, 0.5) is 0 Å². The van der Waals surface area contributed by atoms with Crippen LogP contribution < -0.4 is 0 Å². The first-order valence-corrected chi connectivity index (χ1v) is 5.21. The molecule has 0 spiro atoms. The summed E-state index contributed by atoms with van der Waals surface area (Å²) in [5, 5.41) is 0. The van der Waals surface area contributed by atoms with Crippen LogP contribution in [0.5, 0.6) is 0 Å². The van der Waals surface area contributed by atoms with Gasteiger partial charge in [-0.2, -0.15) is 0 Å². The number of rotatable bonds is 0. The maximum Gasteiger partial charge on any atom is -0.0164 e. The zero-order valence-electron chi connectivity index (χ0n) is 9.86. The smallest absolute Gasteiger partial charge is 0.0164 e. The van der Waals surface area contributed by atoms with Crippen molar-refractivity contribution >= 4 is 0 Å². The predicted octanol–water partition coefficient (Wildman–Crippen LogP) is 4.34. The Balaban J connectivity index is 3.12. The molecule has 1 unspecified atom stereocenters. The molecule has 0 amide bonds. The summed E-state index contributed by atoms with van der Waals surface area (Å²) in [5.41, 5.74) is 4.99. The molecule has 0 heterocycles. The van der Waals surface area contributed by atoms with Crippen LogP contribution in [-0.4, -0.2) is 0 Å². The predicted molar refractivity (Wildman–Crippen MR) is 59.7 cm³/mol. The van der Waals surface area contributed by atoms with Crippen LogP contribution in [0.25, 0.3) is 0 Å². The van der Waals surface area contributed by atoms with E-state index in [0.29, 0.717) is 5.41 Å². The lowest BCUT2D eigenvalue weighted by Crippen LogP contribution is -2.20. The van der Waals surface area contributed by atoms with E-state index < -0.39 is 0 Å². The molecule has 0 aromatic heterocycles. The summed E-state index contributed by atoms with van der Waals surface area (Å²) in [6.45, 7) is 13.8. The summed E-state index contributed by atoms with van der Waals surface area (Å²) < 4.78 is 0. The molecule has 0 heteroatoms. The van der Waals surface area contributed by atoms with Crippen molar-refractivity contribution in [2.45, 2.75) is 48.0 Å². The molecule has 0 bridgehead atoms. The summed E-state index contributed by atoms with van der Waals surface area (Å²) in [6, 6.07) is 0. The lowest BCUT2D eigenvalue weighted by molar-refractivity contribution is 0.424. The van der Waals surface area contributed by atoms with Crippen LogP contribution in [0.3, 0.4) is 0 Å². The monoisotopic (exact) mass is 178 g/mol. The molecule has 0 aromatic rings. The number of hydrogen-bond acceptors (Lipinski definition) is 0. The molecular weight excluding hydrogens is 156 g/mol. The zero-order valence-corrected chi connectivity index (χ0v) is 9.86. The quantitative estimate of drug-likeness (QED) is 0.518. The van der Waals surface area contributed by atoms with E-state index in [1.54, 1.807) is 5.57 Å². The van der Waals surface area contributed by atoms with E-state index >= 15 is 0 Å². The molecule has 0 nitrogen and oxygen atoms in total. The van der Waals surface area contributed by atoms with Gasteiger partial charge in [-0.25, -0.2) is 0 Å². The van der Waals surface area contributed by atoms with Gasteiger partial charge in [0.25, 0.3) is 0 Å². The summed E-state index contributed by atoms with van der Waals surface area (Å²) >= 11 is 0. The van der Waals surface area contributed by atoms with Crippen molar-refractivity contribution in [1.29, 1.82) is 0 Å². The van der Waals surface area contributed by atoms with E-state index in [4.69, 9.17) is 0 Å². The third kappa shape index (κ3) is 2.24. The maximum absolute atomic E-state index is 2.35. The Morgan fingerprint density at radius 3 is 2.15 bits per heavy atom. The molecule has 1 rings (SSSR count). The van der Waals surface area contributed by atoms with Crippen molar-refractivity contribution in [2.24, 2.45) is 11.3 Å². The third-order valence-corrected chi connectivity index (χ3v) is 2.82. The molecule has 0 radical (unpaired) electrons. The number of allylic oxidation sites excluding steroid dienone is 4. The molecule has 0 aliphatic heterocycles. The molecule has 1 aliphatic rings. The molecule has 74 valence electrons. The van der Waals surface area contributed by atoms with Gasteiger partial charge in [-0.15, -0.1) is 0 Å². The van der Waals surface area contributed by atoms with Crippen LogP contribution in [0.1, 0.15) is 48.0 Å². The highest BCUT2D eigenvalue weighted by Gasteiger charge is 2.26. The van der Waals surface area contributed by atoms with Crippen LogP contribution in [0.2, 0.25) is 0 Å². The van der Waals surface area contributed by atoms with Gasteiger partial charge in [0.1, 0.15) is 0 Å². The van der Waals surface area contributed by atoms with Gasteiger partial charge in [-0.3, -0.25) is 0 Å². The molecule has 1 aliphatic carbocycles. The Kier molecular flexibility index (Phi) is 2.70. The van der Waals surface area contributed by atoms with Crippen molar-refractivity contribution < 1.29 is 0 Å². The van der Waals surface area contributed by atoms with Gasteiger partial charge in [0.2, 0.25) is 0 Å². The topological polar surface area (TPSA) is 0 Å². The fourth-order valence-electron chi connectivity index (χ4n) is 2.81. The fraction of sp³-hybridized carbons (Fsp3) is 0.692. The summed E-state index contributed by atoms with van der Waals surface area (Å²) in [7, 11) is 0. The molecular formula is C13H22. The van der Waals surface area contributed by atoms with Gasteiger partial charge in [-0.1, -0.05) is 50.5 Å². The minimum absolute atomic E-state index is 0.334. The Bertz CT molecular complexity index is 258. The minimum atomic E-state index is 0.334. The van der Waals surface area contributed by atoms with Gasteiger partial charge in [0.05, 0.1) is 0 Å². The lowest BCUT2D eigenvalue weighted by Gasteiger charge is -2.33. The fourth-order valence-corrected chi connectivity index (χ4v) is 2.81. The normalized spacial score (nSPS) is 24.8. The molecule has 0 N–H and O–H groups in total. The standard InChI is InChI=1S/C13H22/c1-9-7-10(2)12(11(3)8-9)13(4,5)6/h7,11H,8H2,1-6H3. The first-order valence-electron chi connectivity index (χ1n) is 5.21. The van der Waals surface area contributed by atoms with Crippen LogP contribution in [0, 0.1) is 11.3 Å². The van der Waals surface area contributed by atoms with Gasteiger partial charge < -0.3 is 0 Å². The lowest BCUT2D eigenvalue weighted by atomic mass is 9.72. The Labute approximate surface area is 82.7 Å².